The molecular formula is C34H58N6O4. The van der Waals surface area contributed by atoms with E-state index in [1.165, 1.54) is 0 Å². The monoisotopic (exact) mass is 614 g/mol. The van der Waals surface area contributed by atoms with E-state index in [4.69, 9.17) is 0 Å². The van der Waals surface area contributed by atoms with Gasteiger partial charge in [-0.1, -0.05) is 78.8 Å². The summed E-state index contributed by atoms with van der Waals surface area (Å²) in [6.45, 7) is 15.2. The molecule has 0 aliphatic carbocycles. The van der Waals surface area contributed by atoms with E-state index in [0.717, 1.165) is 12.0 Å². The van der Waals surface area contributed by atoms with Gasteiger partial charge < -0.3 is 25.3 Å². The van der Waals surface area contributed by atoms with Gasteiger partial charge in [0.1, 0.15) is 12.1 Å². The minimum Gasteiger partial charge on any atom is -0.347 e. The first kappa shape index (κ1) is 37.2. The highest BCUT2D eigenvalue weighted by Gasteiger charge is 2.42. The van der Waals surface area contributed by atoms with Crippen LogP contribution in [-0.2, 0) is 24.6 Å². The Balaban J connectivity index is 2.20. The molecule has 0 bridgehead atoms. The molecule has 1 saturated heterocycles. The number of hydrogen-bond donors (Lipinski definition) is 2. The highest BCUT2D eigenvalue weighted by Crippen LogP contribution is 2.29. The van der Waals surface area contributed by atoms with E-state index in [1.807, 2.05) is 76.9 Å². The smallest absolute Gasteiger partial charge is 0.245 e. The molecule has 2 N–H and O–H groups in total. The number of amides is 4. The van der Waals surface area contributed by atoms with Gasteiger partial charge in [-0.05, 0) is 43.8 Å². The van der Waals surface area contributed by atoms with Gasteiger partial charge in [-0.25, -0.2) is 0 Å². The van der Waals surface area contributed by atoms with Crippen molar-refractivity contribution in [2.75, 3.05) is 54.9 Å². The summed E-state index contributed by atoms with van der Waals surface area (Å²) in [5, 5.41) is 6.29. The van der Waals surface area contributed by atoms with Crippen LogP contribution in [0, 0.1) is 11.3 Å². The summed E-state index contributed by atoms with van der Waals surface area (Å²) in [7, 11) is 8.85. The summed E-state index contributed by atoms with van der Waals surface area (Å²) >= 11 is 0. The largest absolute Gasteiger partial charge is 0.347 e. The van der Waals surface area contributed by atoms with Crippen LogP contribution in [0.5, 0.6) is 0 Å². The number of rotatable bonds is 13. The second kappa shape index (κ2) is 15.3. The van der Waals surface area contributed by atoms with Gasteiger partial charge >= 0.3 is 0 Å². The van der Waals surface area contributed by atoms with Crippen LogP contribution >= 0.6 is 0 Å². The Hall–Kier alpha value is -2.98. The number of carbonyl (C=O) groups is 4. The van der Waals surface area contributed by atoms with E-state index in [-0.39, 0.29) is 42.1 Å². The molecule has 4 atom stereocenters. The number of likely N-dealkylation sites (N-methyl/N-ethyl adjacent to an activating group) is 4. The number of nitrogens with one attached hydrogen (secondary N) is 2. The first-order valence-electron chi connectivity index (χ1n) is 15.8. The van der Waals surface area contributed by atoms with Crippen molar-refractivity contribution in [1.82, 2.24) is 30.2 Å². The molecule has 4 amide bonds. The van der Waals surface area contributed by atoms with Gasteiger partial charge in [-0.3, -0.25) is 24.1 Å². The summed E-state index contributed by atoms with van der Waals surface area (Å²) in [6, 6.07) is 7.93. The van der Waals surface area contributed by atoms with Crippen molar-refractivity contribution >= 4 is 23.6 Å². The van der Waals surface area contributed by atoms with Crippen LogP contribution < -0.4 is 10.6 Å². The molecule has 0 aromatic heterocycles. The van der Waals surface area contributed by atoms with Crippen molar-refractivity contribution in [2.24, 2.45) is 11.3 Å². The fraction of sp³-hybridized carbons (Fsp3) is 0.706. The molecule has 10 nitrogen and oxygen atoms in total. The molecule has 0 saturated carbocycles. The lowest BCUT2D eigenvalue weighted by Gasteiger charge is -2.41. The summed E-state index contributed by atoms with van der Waals surface area (Å²) in [5.74, 6) is -0.450. The molecule has 248 valence electrons. The zero-order chi connectivity index (χ0) is 33.6. The second-order valence-electron chi connectivity index (χ2n) is 14.6. The minimum atomic E-state index is -0.766. The summed E-state index contributed by atoms with van der Waals surface area (Å²) in [6.07, 6.45) is 1.48. The fourth-order valence-corrected chi connectivity index (χ4v) is 6.20. The SMILES string of the molecule is CN[C@H](C(=O)N[C@H](C(=O)N(C)[C@H](CN(C)CC(=O)N1CCC[C@H]1C(=O)N(C)C)C(C)C)C(C)(C)C)C(C)(C)c1ccccc1. The molecule has 1 aromatic carbocycles. The Morgan fingerprint density at radius 2 is 1.55 bits per heavy atom. The molecule has 1 aliphatic heterocycles. The molecule has 0 spiro atoms. The predicted molar refractivity (Wildman–Crippen MR) is 176 cm³/mol. The Morgan fingerprint density at radius 3 is 2.05 bits per heavy atom. The van der Waals surface area contributed by atoms with Crippen LogP contribution in [-0.4, -0.2) is 122 Å². The number of likely N-dealkylation sites (tertiary alicyclic amines) is 1. The lowest BCUT2D eigenvalue weighted by atomic mass is 9.76. The average molecular weight is 615 g/mol. The van der Waals surface area contributed by atoms with Crippen molar-refractivity contribution in [3.05, 3.63) is 35.9 Å². The van der Waals surface area contributed by atoms with Crippen molar-refractivity contribution in [2.45, 2.75) is 90.9 Å². The molecule has 0 unspecified atom stereocenters. The van der Waals surface area contributed by atoms with Crippen molar-refractivity contribution in [3.8, 4) is 0 Å². The molecular weight excluding hydrogens is 556 g/mol. The van der Waals surface area contributed by atoms with Gasteiger partial charge in [0.25, 0.3) is 0 Å². The van der Waals surface area contributed by atoms with Gasteiger partial charge in [0, 0.05) is 45.7 Å². The fourth-order valence-electron chi connectivity index (χ4n) is 6.20. The zero-order valence-corrected chi connectivity index (χ0v) is 29.2. The maximum absolute atomic E-state index is 14.2. The predicted octanol–water partition coefficient (Wildman–Crippen LogP) is 2.58. The molecule has 1 aromatic rings. The molecule has 0 radical (unpaired) electrons. The number of hydrogen-bond acceptors (Lipinski definition) is 6. The standard InChI is InChI=1S/C34H58N6O4/c1-23(2)26(21-38(11)22-27(41)40-20-16-19-25(40)31(43)37(9)10)39(12)32(44)29(33(3,4)5)36-30(42)28(35-8)34(6,7)24-17-14-13-15-18-24/h13-15,17-18,23,25-26,28-29,35H,16,19-22H2,1-12H3,(H,36,42)/t25-,26+,28+,29+/m0/s1. The average Bonchev–Trinajstić information content (AvgIpc) is 3.43. The molecule has 2 rings (SSSR count). The van der Waals surface area contributed by atoms with Crippen LogP contribution in [0.15, 0.2) is 30.3 Å². The Kier molecular flexibility index (Phi) is 13.0. The highest BCUT2D eigenvalue weighted by atomic mass is 16.2. The van der Waals surface area contributed by atoms with Crippen molar-refractivity contribution in [3.63, 3.8) is 0 Å². The van der Waals surface area contributed by atoms with Gasteiger partial charge in [-0.2, -0.15) is 0 Å². The van der Waals surface area contributed by atoms with Crippen LogP contribution in [0.3, 0.4) is 0 Å². The van der Waals surface area contributed by atoms with E-state index in [1.54, 1.807) is 42.9 Å². The first-order chi connectivity index (χ1) is 20.3. The highest BCUT2D eigenvalue weighted by molar-refractivity contribution is 5.91. The normalized spacial score (nSPS) is 17.8. The quantitative estimate of drug-likeness (QED) is 0.354. The molecule has 1 aliphatic rings. The number of carbonyl (C=O) groups excluding carboxylic acids is 4. The van der Waals surface area contributed by atoms with Gasteiger partial charge in [0.15, 0.2) is 0 Å². The van der Waals surface area contributed by atoms with Gasteiger partial charge in [0.05, 0.1) is 12.6 Å². The van der Waals surface area contributed by atoms with Gasteiger partial charge in [-0.15, -0.1) is 0 Å². The lowest BCUT2D eigenvalue weighted by Crippen LogP contribution is -2.62. The van der Waals surface area contributed by atoms with Crippen LogP contribution in [0.2, 0.25) is 0 Å². The Morgan fingerprint density at radius 1 is 0.955 bits per heavy atom. The van der Waals surface area contributed by atoms with Crippen molar-refractivity contribution in [1.29, 1.82) is 0 Å². The number of benzene rings is 1. The third-order valence-corrected chi connectivity index (χ3v) is 9.01. The van der Waals surface area contributed by atoms with Gasteiger partial charge in [0.2, 0.25) is 23.6 Å². The van der Waals surface area contributed by atoms with Crippen LogP contribution in [0.4, 0.5) is 0 Å². The molecule has 1 heterocycles. The molecule has 10 heteroatoms. The third kappa shape index (κ3) is 9.03. The van der Waals surface area contributed by atoms with Crippen LogP contribution in [0.25, 0.3) is 0 Å². The minimum absolute atomic E-state index is 0.0492. The lowest BCUT2D eigenvalue weighted by molar-refractivity contribution is -0.143. The third-order valence-electron chi connectivity index (χ3n) is 9.01. The summed E-state index contributed by atoms with van der Waals surface area (Å²) in [5.41, 5.74) is -0.0591. The van der Waals surface area contributed by atoms with E-state index < -0.39 is 29.0 Å². The zero-order valence-electron chi connectivity index (χ0n) is 29.2. The molecule has 1 fully saturated rings. The van der Waals surface area contributed by atoms with Crippen LogP contribution in [0.1, 0.15) is 66.9 Å². The second-order valence-corrected chi connectivity index (χ2v) is 14.6. The summed E-state index contributed by atoms with van der Waals surface area (Å²) in [4.78, 5) is 60.7. The number of nitrogens with zero attached hydrogens (tertiary/aromatic N) is 4. The first-order valence-corrected chi connectivity index (χ1v) is 15.8. The van der Waals surface area contributed by atoms with E-state index in [9.17, 15) is 19.2 Å². The topological polar surface area (TPSA) is 105 Å². The van der Waals surface area contributed by atoms with E-state index >= 15 is 0 Å². The van der Waals surface area contributed by atoms with E-state index in [0.29, 0.717) is 19.5 Å². The molecule has 44 heavy (non-hydrogen) atoms. The summed E-state index contributed by atoms with van der Waals surface area (Å²) < 4.78 is 0. The van der Waals surface area contributed by atoms with E-state index in [2.05, 4.69) is 24.5 Å². The maximum atomic E-state index is 14.2. The Bertz CT molecular complexity index is 1130. The maximum Gasteiger partial charge on any atom is 0.245 e. The van der Waals surface area contributed by atoms with Crippen molar-refractivity contribution < 1.29 is 19.2 Å². The Labute approximate surface area is 265 Å².